The summed E-state index contributed by atoms with van der Waals surface area (Å²) in [5.41, 5.74) is 0.992. The highest BCUT2D eigenvalue weighted by atomic mass is 79.9. The monoisotopic (exact) mass is 267 g/mol. The van der Waals surface area contributed by atoms with Crippen LogP contribution in [-0.2, 0) is 6.54 Å². The van der Waals surface area contributed by atoms with Crippen LogP contribution in [0, 0.1) is 0 Å². The lowest BCUT2D eigenvalue weighted by atomic mass is 10.2. The first-order valence-corrected chi connectivity index (χ1v) is 4.98. The highest BCUT2D eigenvalue weighted by molar-refractivity contribution is 9.10. The molecule has 0 saturated carbocycles. The number of halogens is 3. The van der Waals surface area contributed by atoms with Gasteiger partial charge >= 0.3 is 0 Å². The van der Waals surface area contributed by atoms with E-state index in [1.807, 2.05) is 13.1 Å². The molecular formula is C8H8BrCl2N. The van der Waals surface area contributed by atoms with Crippen molar-refractivity contribution in [1.29, 1.82) is 0 Å². The summed E-state index contributed by atoms with van der Waals surface area (Å²) in [5, 5.41) is 4.22. The first-order chi connectivity index (χ1) is 5.66. The smallest absolute Gasteiger partial charge is 0.0648 e. The fourth-order valence-electron chi connectivity index (χ4n) is 0.908. The zero-order valence-corrected chi connectivity index (χ0v) is 9.59. The van der Waals surface area contributed by atoms with Gasteiger partial charge in [0.15, 0.2) is 0 Å². The summed E-state index contributed by atoms with van der Waals surface area (Å²) in [7, 11) is 1.86. The molecule has 1 nitrogen and oxygen atoms in total. The molecule has 0 unspecified atom stereocenters. The van der Waals surface area contributed by atoms with E-state index < -0.39 is 0 Å². The molecule has 0 aliphatic carbocycles. The van der Waals surface area contributed by atoms with Gasteiger partial charge in [0.05, 0.1) is 10.0 Å². The number of rotatable bonds is 2. The molecular weight excluding hydrogens is 261 g/mol. The van der Waals surface area contributed by atoms with Gasteiger partial charge in [-0.05, 0) is 19.2 Å². The number of nitrogens with one attached hydrogen (secondary N) is 1. The Hall–Kier alpha value is 0.240. The van der Waals surface area contributed by atoms with Crippen molar-refractivity contribution in [3.05, 3.63) is 32.2 Å². The molecule has 66 valence electrons. The third kappa shape index (κ3) is 2.13. The lowest BCUT2D eigenvalue weighted by Crippen LogP contribution is -2.06. The predicted molar refractivity (Wildman–Crippen MR) is 56.9 cm³/mol. The molecule has 1 rings (SSSR count). The standard InChI is InChI=1S/C8H8BrCl2N/c1-12-4-5-6(9)2-3-7(10)8(5)11/h2-3,12H,4H2,1H3. The van der Waals surface area contributed by atoms with E-state index >= 15 is 0 Å². The van der Waals surface area contributed by atoms with Crippen molar-refractivity contribution in [3.8, 4) is 0 Å². The van der Waals surface area contributed by atoms with Gasteiger partial charge in [-0.1, -0.05) is 39.1 Å². The van der Waals surface area contributed by atoms with E-state index in [-0.39, 0.29) is 0 Å². The van der Waals surface area contributed by atoms with Crippen molar-refractivity contribution in [2.45, 2.75) is 6.54 Å². The van der Waals surface area contributed by atoms with Crippen molar-refractivity contribution >= 4 is 39.1 Å². The molecule has 1 aromatic rings. The molecule has 1 aromatic carbocycles. The van der Waals surface area contributed by atoms with E-state index in [0.717, 1.165) is 10.0 Å². The molecule has 12 heavy (non-hydrogen) atoms. The van der Waals surface area contributed by atoms with Gasteiger partial charge in [-0.2, -0.15) is 0 Å². The van der Waals surface area contributed by atoms with E-state index in [4.69, 9.17) is 23.2 Å². The topological polar surface area (TPSA) is 12.0 Å². The molecule has 0 heterocycles. The van der Waals surface area contributed by atoms with Crippen molar-refractivity contribution < 1.29 is 0 Å². The lowest BCUT2D eigenvalue weighted by Gasteiger charge is -2.07. The van der Waals surface area contributed by atoms with Crippen molar-refractivity contribution in [2.75, 3.05) is 7.05 Å². The summed E-state index contributed by atoms with van der Waals surface area (Å²) >= 11 is 15.2. The van der Waals surface area contributed by atoms with Gasteiger partial charge in [-0.25, -0.2) is 0 Å². The molecule has 0 aliphatic heterocycles. The van der Waals surface area contributed by atoms with Gasteiger partial charge in [0.2, 0.25) is 0 Å². The summed E-state index contributed by atoms with van der Waals surface area (Å²) in [6.45, 7) is 0.708. The van der Waals surface area contributed by atoms with Gasteiger partial charge in [-0.3, -0.25) is 0 Å². The molecule has 0 fully saturated rings. The Balaban J connectivity index is 3.14. The second-order valence-electron chi connectivity index (χ2n) is 2.35. The fraction of sp³-hybridized carbons (Fsp3) is 0.250. The normalized spacial score (nSPS) is 10.3. The Kier molecular flexibility index (Phi) is 3.84. The van der Waals surface area contributed by atoms with Crippen LogP contribution in [0.1, 0.15) is 5.56 Å². The maximum atomic E-state index is 5.98. The van der Waals surface area contributed by atoms with Crippen LogP contribution >= 0.6 is 39.1 Å². The van der Waals surface area contributed by atoms with E-state index in [1.165, 1.54) is 0 Å². The number of hydrogen-bond acceptors (Lipinski definition) is 1. The molecule has 1 N–H and O–H groups in total. The van der Waals surface area contributed by atoms with E-state index in [2.05, 4.69) is 21.2 Å². The number of benzene rings is 1. The average Bonchev–Trinajstić information content (AvgIpc) is 2.06. The summed E-state index contributed by atoms with van der Waals surface area (Å²) in [6.07, 6.45) is 0. The Labute approximate surface area is 90.2 Å². The molecule has 4 heteroatoms. The average molecular weight is 269 g/mol. The Morgan fingerprint density at radius 2 is 2.08 bits per heavy atom. The fourth-order valence-corrected chi connectivity index (χ4v) is 1.90. The highest BCUT2D eigenvalue weighted by Crippen LogP contribution is 2.31. The van der Waals surface area contributed by atoms with Crippen LogP contribution < -0.4 is 5.32 Å². The summed E-state index contributed by atoms with van der Waals surface area (Å²) in [4.78, 5) is 0. The quantitative estimate of drug-likeness (QED) is 0.810. The van der Waals surface area contributed by atoms with E-state index in [0.29, 0.717) is 16.6 Å². The molecule has 0 aliphatic rings. The summed E-state index contributed by atoms with van der Waals surface area (Å²) in [6, 6.07) is 3.66. The van der Waals surface area contributed by atoms with Gasteiger partial charge in [-0.15, -0.1) is 0 Å². The molecule has 0 radical (unpaired) electrons. The second-order valence-corrected chi connectivity index (χ2v) is 3.99. The van der Waals surface area contributed by atoms with Crippen LogP contribution in [0.3, 0.4) is 0 Å². The molecule has 0 aromatic heterocycles. The third-order valence-electron chi connectivity index (χ3n) is 1.49. The largest absolute Gasteiger partial charge is 0.316 e. The van der Waals surface area contributed by atoms with Crippen LogP contribution in [0.25, 0.3) is 0 Å². The van der Waals surface area contributed by atoms with Crippen molar-refractivity contribution in [1.82, 2.24) is 5.32 Å². The molecule has 0 saturated heterocycles. The Morgan fingerprint density at radius 3 is 2.67 bits per heavy atom. The first-order valence-electron chi connectivity index (χ1n) is 3.43. The first kappa shape index (κ1) is 10.3. The summed E-state index contributed by atoms with van der Waals surface area (Å²) in [5.74, 6) is 0. The maximum absolute atomic E-state index is 5.98. The third-order valence-corrected chi connectivity index (χ3v) is 3.08. The maximum Gasteiger partial charge on any atom is 0.0648 e. The van der Waals surface area contributed by atoms with Crippen molar-refractivity contribution in [2.24, 2.45) is 0 Å². The minimum Gasteiger partial charge on any atom is -0.316 e. The summed E-state index contributed by atoms with van der Waals surface area (Å²) < 4.78 is 0.978. The van der Waals surface area contributed by atoms with Crippen LogP contribution in [0.5, 0.6) is 0 Å². The zero-order valence-electron chi connectivity index (χ0n) is 6.50. The van der Waals surface area contributed by atoms with Gasteiger partial charge in [0.25, 0.3) is 0 Å². The minimum atomic E-state index is 0.588. The van der Waals surface area contributed by atoms with Gasteiger partial charge in [0.1, 0.15) is 0 Å². The van der Waals surface area contributed by atoms with Gasteiger partial charge < -0.3 is 5.32 Å². The Morgan fingerprint density at radius 1 is 1.42 bits per heavy atom. The van der Waals surface area contributed by atoms with Crippen LogP contribution in [0.15, 0.2) is 16.6 Å². The molecule has 0 bridgehead atoms. The lowest BCUT2D eigenvalue weighted by molar-refractivity contribution is 0.815. The zero-order chi connectivity index (χ0) is 9.14. The molecule has 0 atom stereocenters. The van der Waals surface area contributed by atoms with Crippen LogP contribution in [0.4, 0.5) is 0 Å². The van der Waals surface area contributed by atoms with Crippen LogP contribution in [0.2, 0.25) is 10.0 Å². The Bertz CT molecular complexity index is 289. The molecule has 0 spiro atoms. The predicted octanol–water partition coefficient (Wildman–Crippen LogP) is 3.48. The van der Waals surface area contributed by atoms with Gasteiger partial charge in [0, 0.05) is 16.6 Å². The van der Waals surface area contributed by atoms with E-state index in [1.54, 1.807) is 6.07 Å². The highest BCUT2D eigenvalue weighted by Gasteiger charge is 2.07. The molecule has 0 amide bonds. The number of hydrogen-bond donors (Lipinski definition) is 1. The van der Waals surface area contributed by atoms with Crippen LogP contribution in [-0.4, -0.2) is 7.05 Å². The minimum absolute atomic E-state index is 0.588. The SMILES string of the molecule is CNCc1c(Br)ccc(Cl)c1Cl. The van der Waals surface area contributed by atoms with E-state index in [9.17, 15) is 0 Å². The second kappa shape index (κ2) is 4.47. The van der Waals surface area contributed by atoms with Crippen molar-refractivity contribution in [3.63, 3.8) is 0 Å².